The summed E-state index contributed by atoms with van der Waals surface area (Å²) in [6.45, 7) is 0. The van der Waals surface area contributed by atoms with Crippen molar-refractivity contribution in [2.45, 2.75) is 0 Å². The van der Waals surface area contributed by atoms with E-state index in [0.717, 1.165) is 4.90 Å². The normalized spacial score (nSPS) is 15.2. The number of carbonyl (C=O) groups excluding carboxylic acids is 2. The van der Waals surface area contributed by atoms with Gasteiger partial charge in [0.1, 0.15) is 22.9 Å². The van der Waals surface area contributed by atoms with Crippen molar-refractivity contribution in [3.63, 3.8) is 0 Å². The summed E-state index contributed by atoms with van der Waals surface area (Å²) in [5, 5.41) is 13.0. The molecule has 0 atom stereocenters. The Hall–Kier alpha value is -3.70. The van der Waals surface area contributed by atoms with Crippen molar-refractivity contribution < 1.29 is 23.3 Å². The van der Waals surface area contributed by atoms with Crippen molar-refractivity contribution in [3.05, 3.63) is 86.3 Å². The van der Waals surface area contributed by atoms with E-state index in [0.29, 0.717) is 15.8 Å². The number of nitrogens with zero attached hydrogens (tertiary/aromatic N) is 2. The summed E-state index contributed by atoms with van der Waals surface area (Å²) in [5.41, 5.74) is 0.0471. The van der Waals surface area contributed by atoms with Gasteiger partial charge in [-0.2, -0.15) is 0 Å². The Labute approximate surface area is 193 Å². The van der Waals surface area contributed by atoms with E-state index in [1.807, 2.05) is 0 Å². The molecule has 1 aromatic heterocycles. The molecule has 11 heteroatoms. The molecule has 3 aromatic rings. The van der Waals surface area contributed by atoms with Crippen LogP contribution in [0.25, 0.3) is 17.4 Å². The van der Waals surface area contributed by atoms with Gasteiger partial charge in [0.25, 0.3) is 17.5 Å². The summed E-state index contributed by atoms with van der Waals surface area (Å²) in [4.78, 5) is 36.6. The van der Waals surface area contributed by atoms with Crippen molar-refractivity contribution in [1.29, 1.82) is 0 Å². The molecular formula is C21H11BrFN3O5S. The number of nitrogens with one attached hydrogen (secondary N) is 1. The highest BCUT2D eigenvalue weighted by Gasteiger charge is 2.35. The molecule has 0 aliphatic carbocycles. The molecule has 1 aliphatic rings. The molecule has 0 bridgehead atoms. The first-order valence-corrected chi connectivity index (χ1v) is 10.2. The van der Waals surface area contributed by atoms with Crippen molar-refractivity contribution in [1.82, 2.24) is 5.32 Å². The van der Waals surface area contributed by atoms with E-state index in [4.69, 9.17) is 16.6 Å². The zero-order chi connectivity index (χ0) is 23.0. The van der Waals surface area contributed by atoms with E-state index >= 15 is 0 Å². The van der Waals surface area contributed by atoms with Gasteiger partial charge in [-0.05, 0) is 64.6 Å². The van der Waals surface area contributed by atoms with Crippen LogP contribution < -0.4 is 10.2 Å². The number of thiocarbonyl (C=S) groups is 1. The number of para-hydroxylation sites is 1. The number of hydrogen-bond donors (Lipinski definition) is 1. The first kappa shape index (κ1) is 21.5. The lowest BCUT2D eigenvalue weighted by molar-refractivity contribution is -0.384. The van der Waals surface area contributed by atoms with Gasteiger partial charge in [-0.25, -0.2) is 9.29 Å². The lowest BCUT2D eigenvalue weighted by Gasteiger charge is -2.28. The molecule has 1 fully saturated rings. The minimum atomic E-state index is -0.807. The van der Waals surface area contributed by atoms with Crippen LogP contribution in [-0.4, -0.2) is 21.9 Å². The number of non-ortho nitro benzene ring substituents is 1. The zero-order valence-corrected chi connectivity index (χ0v) is 18.3. The zero-order valence-electron chi connectivity index (χ0n) is 15.9. The number of hydrogen-bond acceptors (Lipinski definition) is 6. The molecule has 2 amide bonds. The molecule has 0 spiro atoms. The number of nitro groups is 1. The predicted molar refractivity (Wildman–Crippen MR) is 121 cm³/mol. The van der Waals surface area contributed by atoms with Crippen LogP contribution in [0.1, 0.15) is 5.76 Å². The molecular weight excluding hydrogens is 505 g/mol. The summed E-state index contributed by atoms with van der Waals surface area (Å²) in [5.74, 6) is -1.71. The molecule has 2 aromatic carbocycles. The minimum absolute atomic E-state index is 0.0941. The Kier molecular flexibility index (Phi) is 5.68. The third-order valence-corrected chi connectivity index (χ3v) is 5.48. The summed E-state index contributed by atoms with van der Waals surface area (Å²) in [6, 6.07) is 12.8. The molecule has 0 radical (unpaired) electrons. The van der Waals surface area contributed by atoms with Gasteiger partial charge in [-0.3, -0.25) is 25.0 Å². The third kappa shape index (κ3) is 3.95. The molecule has 1 saturated heterocycles. The minimum Gasteiger partial charge on any atom is -0.457 e. The van der Waals surface area contributed by atoms with Gasteiger partial charge in [0, 0.05) is 22.2 Å². The van der Waals surface area contributed by atoms with Crippen LogP contribution in [0.3, 0.4) is 0 Å². The van der Waals surface area contributed by atoms with E-state index in [1.54, 1.807) is 6.07 Å². The monoisotopic (exact) mass is 515 g/mol. The highest BCUT2D eigenvalue weighted by Crippen LogP contribution is 2.33. The number of halogens is 2. The molecule has 1 aliphatic heterocycles. The number of nitro benzene ring substituents is 1. The second-order valence-corrected chi connectivity index (χ2v) is 7.77. The van der Waals surface area contributed by atoms with E-state index in [9.17, 15) is 24.1 Å². The Morgan fingerprint density at radius 1 is 1.16 bits per heavy atom. The maximum absolute atomic E-state index is 14.2. The number of furan rings is 1. The van der Waals surface area contributed by atoms with Crippen LogP contribution in [0, 0.1) is 15.9 Å². The standard InChI is InChI=1S/C21H11BrFN3O5S/c22-15-9-11(26(29)30)5-7-13(15)18-8-6-12(31-18)10-14-19(27)24-21(32)25(20(14)28)17-4-2-1-3-16(17)23/h1-10H,(H,24,27,32)/b14-10-. The second kappa shape index (κ2) is 8.44. The fourth-order valence-electron chi connectivity index (χ4n) is 3.04. The Morgan fingerprint density at radius 3 is 2.59 bits per heavy atom. The van der Waals surface area contributed by atoms with Gasteiger partial charge in [0.15, 0.2) is 5.11 Å². The number of rotatable bonds is 4. The van der Waals surface area contributed by atoms with E-state index < -0.39 is 22.6 Å². The quantitative estimate of drug-likeness (QED) is 0.179. The third-order valence-electron chi connectivity index (χ3n) is 4.54. The van der Waals surface area contributed by atoms with Crippen LogP contribution in [0.5, 0.6) is 0 Å². The van der Waals surface area contributed by atoms with Crippen LogP contribution in [0.4, 0.5) is 15.8 Å². The summed E-state index contributed by atoms with van der Waals surface area (Å²) >= 11 is 8.33. The van der Waals surface area contributed by atoms with Crippen LogP contribution in [-0.2, 0) is 9.59 Å². The van der Waals surface area contributed by atoms with Gasteiger partial charge < -0.3 is 4.42 Å². The highest BCUT2D eigenvalue weighted by atomic mass is 79.9. The number of carbonyl (C=O) groups is 2. The fraction of sp³-hybridized carbons (Fsp3) is 0. The average molecular weight is 516 g/mol. The number of benzene rings is 2. The van der Waals surface area contributed by atoms with Gasteiger partial charge >= 0.3 is 0 Å². The molecule has 0 saturated carbocycles. The average Bonchev–Trinajstić information content (AvgIpc) is 3.20. The fourth-order valence-corrected chi connectivity index (χ4v) is 3.88. The molecule has 8 nitrogen and oxygen atoms in total. The predicted octanol–water partition coefficient (Wildman–Crippen LogP) is 4.59. The van der Waals surface area contributed by atoms with Crippen LogP contribution in [0.2, 0.25) is 0 Å². The first-order chi connectivity index (χ1) is 15.3. The van der Waals surface area contributed by atoms with Crippen LogP contribution in [0.15, 0.2) is 69.1 Å². The maximum atomic E-state index is 14.2. The summed E-state index contributed by atoms with van der Waals surface area (Å²) < 4.78 is 20.4. The van der Waals surface area contributed by atoms with E-state index in [1.165, 1.54) is 54.6 Å². The van der Waals surface area contributed by atoms with Crippen molar-refractivity contribution in [3.8, 4) is 11.3 Å². The second-order valence-electron chi connectivity index (χ2n) is 6.53. The highest BCUT2D eigenvalue weighted by molar-refractivity contribution is 9.10. The number of anilines is 1. The molecule has 0 unspecified atom stereocenters. The largest absolute Gasteiger partial charge is 0.457 e. The molecule has 160 valence electrons. The molecule has 1 N–H and O–H groups in total. The van der Waals surface area contributed by atoms with E-state index in [2.05, 4.69) is 21.2 Å². The van der Waals surface area contributed by atoms with Crippen LogP contribution >= 0.6 is 28.1 Å². The van der Waals surface area contributed by atoms with Crippen molar-refractivity contribution in [2.24, 2.45) is 0 Å². The lowest BCUT2D eigenvalue weighted by Crippen LogP contribution is -2.54. The Balaban J connectivity index is 1.68. The Morgan fingerprint density at radius 2 is 1.91 bits per heavy atom. The SMILES string of the molecule is O=C1NC(=S)N(c2ccccc2F)C(=O)/C1=C\c1ccc(-c2ccc([N+](=O)[O-])cc2Br)o1. The molecule has 2 heterocycles. The van der Waals surface area contributed by atoms with Gasteiger partial charge in [0.05, 0.1) is 10.6 Å². The first-order valence-electron chi connectivity index (χ1n) is 8.96. The van der Waals surface area contributed by atoms with Gasteiger partial charge in [-0.15, -0.1) is 0 Å². The summed E-state index contributed by atoms with van der Waals surface area (Å²) in [6.07, 6.45) is 1.22. The lowest BCUT2D eigenvalue weighted by atomic mass is 10.1. The number of amides is 2. The maximum Gasteiger partial charge on any atom is 0.270 e. The van der Waals surface area contributed by atoms with Crippen molar-refractivity contribution >= 4 is 62.5 Å². The smallest absolute Gasteiger partial charge is 0.270 e. The molecule has 4 rings (SSSR count). The molecule has 32 heavy (non-hydrogen) atoms. The topological polar surface area (TPSA) is 106 Å². The van der Waals surface area contributed by atoms with Crippen molar-refractivity contribution in [2.75, 3.05) is 4.90 Å². The Bertz CT molecular complexity index is 1340. The summed E-state index contributed by atoms with van der Waals surface area (Å²) in [7, 11) is 0. The van der Waals surface area contributed by atoms with Gasteiger partial charge in [0.2, 0.25) is 0 Å². The van der Waals surface area contributed by atoms with Gasteiger partial charge in [-0.1, -0.05) is 12.1 Å². The van der Waals surface area contributed by atoms with E-state index in [-0.39, 0.29) is 27.8 Å².